The Morgan fingerprint density at radius 1 is 1.05 bits per heavy atom. The molecule has 2 fully saturated rings. The van der Waals surface area contributed by atoms with Crippen molar-refractivity contribution in [3.8, 4) is 0 Å². The maximum atomic E-state index is 14.6. The Bertz CT molecular complexity index is 985. The summed E-state index contributed by atoms with van der Waals surface area (Å²) in [7, 11) is 0. The predicted octanol–water partition coefficient (Wildman–Crippen LogP) is 3.95. The Hall–Kier alpha value is -1.80. The predicted molar refractivity (Wildman–Crippen MR) is 146 cm³/mol. The second-order valence-corrected chi connectivity index (χ2v) is 14.9. The average Bonchev–Trinajstić information content (AvgIpc) is 3.11. The summed E-state index contributed by atoms with van der Waals surface area (Å²) in [6, 6.07) is -0.708. The molecule has 2 amide bonds. The zero-order valence-electron chi connectivity index (χ0n) is 23.3. The molecule has 4 heterocycles. The highest BCUT2D eigenvalue weighted by molar-refractivity contribution is 8.02. The highest BCUT2D eigenvalue weighted by Gasteiger charge is 2.74. The lowest BCUT2D eigenvalue weighted by Crippen LogP contribution is -2.58. The van der Waals surface area contributed by atoms with Gasteiger partial charge in [0.25, 0.3) is 0 Å². The van der Waals surface area contributed by atoms with Crippen molar-refractivity contribution in [3.05, 3.63) is 24.3 Å². The van der Waals surface area contributed by atoms with E-state index in [2.05, 4.69) is 52.8 Å². The molecule has 2 saturated heterocycles. The second-order valence-electron chi connectivity index (χ2n) is 13.1. The van der Waals surface area contributed by atoms with Gasteiger partial charge in [-0.05, 0) is 58.3 Å². The summed E-state index contributed by atoms with van der Waals surface area (Å²) in [5.74, 6) is -1.90. The van der Waals surface area contributed by atoms with Gasteiger partial charge in [0.1, 0.15) is 6.04 Å². The lowest BCUT2D eigenvalue weighted by Gasteiger charge is -2.44. The number of likely N-dealkylation sites (tertiary alicyclic amines) is 1. The van der Waals surface area contributed by atoms with E-state index in [1.807, 2.05) is 17.9 Å². The largest absolute Gasteiger partial charge is 0.465 e. The average molecular weight is 533 g/mol. The highest BCUT2D eigenvalue weighted by atomic mass is 32.2. The van der Waals surface area contributed by atoms with Gasteiger partial charge in [-0.15, -0.1) is 11.8 Å². The molecule has 1 unspecified atom stereocenters. The zero-order chi connectivity index (χ0) is 27.2. The van der Waals surface area contributed by atoms with Crippen molar-refractivity contribution in [3.63, 3.8) is 0 Å². The van der Waals surface area contributed by atoms with Crippen LogP contribution < -0.4 is 0 Å². The van der Waals surface area contributed by atoms with Crippen LogP contribution in [0.2, 0.25) is 0 Å². The molecule has 4 aliphatic rings. The van der Waals surface area contributed by atoms with Crippen molar-refractivity contribution in [2.24, 2.45) is 17.3 Å². The Morgan fingerprint density at radius 2 is 1.78 bits per heavy atom. The number of thioether (sulfide) groups is 1. The van der Waals surface area contributed by atoms with Gasteiger partial charge in [0.05, 0.1) is 23.2 Å². The van der Waals surface area contributed by atoms with E-state index in [0.29, 0.717) is 32.5 Å². The molecular formula is C29H44N2O5S. The van der Waals surface area contributed by atoms with Gasteiger partial charge in [0, 0.05) is 30.0 Å². The van der Waals surface area contributed by atoms with Crippen LogP contribution in [0.3, 0.4) is 0 Å². The fourth-order valence-corrected chi connectivity index (χ4v) is 9.36. The lowest BCUT2D eigenvalue weighted by molar-refractivity contribution is -0.154. The third-order valence-electron chi connectivity index (χ3n) is 8.25. The minimum absolute atomic E-state index is 0.0143. The molecule has 1 spiro atoms. The van der Waals surface area contributed by atoms with Crippen molar-refractivity contribution in [2.75, 3.05) is 26.3 Å². The summed E-state index contributed by atoms with van der Waals surface area (Å²) in [4.78, 5) is 45.9. The Labute approximate surface area is 226 Å². The molecule has 0 saturated carbocycles. The third-order valence-corrected chi connectivity index (χ3v) is 10.0. The number of allylic oxidation sites excluding steroid dienone is 1. The number of esters is 1. The van der Waals surface area contributed by atoms with Crippen LogP contribution in [-0.2, 0) is 19.1 Å². The normalized spacial score (nSPS) is 35.2. The number of amides is 2. The molecule has 0 radical (unpaired) electrons. The van der Waals surface area contributed by atoms with Crippen LogP contribution in [0.25, 0.3) is 0 Å². The van der Waals surface area contributed by atoms with E-state index in [1.54, 1.807) is 16.7 Å². The number of cyclic esters (lactones) is 1. The number of fused-ring (bicyclic) bond motifs is 2. The van der Waals surface area contributed by atoms with Crippen molar-refractivity contribution in [2.45, 2.75) is 94.7 Å². The van der Waals surface area contributed by atoms with Gasteiger partial charge in [-0.3, -0.25) is 14.4 Å². The van der Waals surface area contributed by atoms with Gasteiger partial charge in [0.2, 0.25) is 11.8 Å². The van der Waals surface area contributed by atoms with E-state index in [4.69, 9.17) is 4.74 Å². The van der Waals surface area contributed by atoms with Gasteiger partial charge in [0.15, 0.2) is 0 Å². The standard InChI is InChI=1S/C29H44N2O5S/c1-26(2,3)19-27(4,5)31-16-12-14-29-20(23(33)30(15-9-10-17-32)22(29)24(31)34)21-25(35)36-18-11-7-8-13-28(21,6)37-29/h8,12-14,20-22,32H,7,9-11,15-19H2,1-6H3/b13-8-/t20-,21+,22?,28-,29-/m0/s1. The summed E-state index contributed by atoms with van der Waals surface area (Å²) >= 11 is 1.59. The molecule has 8 heteroatoms. The van der Waals surface area contributed by atoms with E-state index in [-0.39, 0.29) is 29.8 Å². The molecule has 0 bridgehead atoms. The number of ether oxygens (including phenoxy) is 1. The number of aliphatic hydroxyl groups excluding tert-OH is 1. The Morgan fingerprint density at radius 3 is 2.46 bits per heavy atom. The van der Waals surface area contributed by atoms with Crippen molar-refractivity contribution < 1.29 is 24.2 Å². The number of hydrogen-bond donors (Lipinski definition) is 1. The molecule has 0 aromatic carbocycles. The molecular weight excluding hydrogens is 488 g/mol. The number of rotatable bonds is 6. The SMILES string of the molecule is CC(C)(C)CC(C)(C)N1CC=C[C@]23S[C@@]4(C)/C=C\CCCOC(=O)[C@H]4[C@H]2C(=O)N(CCCCO)C3C1=O. The Balaban J connectivity index is 1.82. The van der Waals surface area contributed by atoms with Gasteiger partial charge < -0.3 is 19.6 Å². The van der Waals surface area contributed by atoms with Crippen molar-refractivity contribution in [1.82, 2.24) is 9.80 Å². The molecule has 37 heavy (non-hydrogen) atoms. The molecule has 5 atom stereocenters. The fraction of sp³-hybridized carbons (Fsp3) is 0.759. The fourth-order valence-electron chi connectivity index (χ4n) is 7.21. The number of nitrogens with zero attached hydrogens (tertiary/aromatic N) is 2. The van der Waals surface area contributed by atoms with E-state index >= 15 is 0 Å². The van der Waals surface area contributed by atoms with Crippen LogP contribution in [0.4, 0.5) is 0 Å². The lowest BCUT2D eigenvalue weighted by atomic mass is 9.74. The minimum Gasteiger partial charge on any atom is -0.465 e. The molecule has 0 aromatic rings. The van der Waals surface area contributed by atoms with E-state index < -0.39 is 32.9 Å². The van der Waals surface area contributed by atoms with E-state index in [1.165, 1.54) is 0 Å². The van der Waals surface area contributed by atoms with Gasteiger partial charge in [-0.25, -0.2) is 0 Å². The maximum absolute atomic E-state index is 14.6. The summed E-state index contributed by atoms with van der Waals surface area (Å²) in [5, 5.41) is 9.40. The van der Waals surface area contributed by atoms with E-state index in [9.17, 15) is 19.5 Å². The topological polar surface area (TPSA) is 87.2 Å². The van der Waals surface area contributed by atoms with E-state index in [0.717, 1.165) is 19.3 Å². The van der Waals surface area contributed by atoms with Crippen molar-refractivity contribution in [1.29, 1.82) is 0 Å². The number of carbonyl (C=O) groups is 3. The molecule has 206 valence electrons. The first-order valence-electron chi connectivity index (χ1n) is 13.7. The van der Waals surface area contributed by atoms with Crippen LogP contribution in [0.5, 0.6) is 0 Å². The molecule has 4 aliphatic heterocycles. The van der Waals surface area contributed by atoms with Crippen LogP contribution in [-0.4, -0.2) is 80.1 Å². The maximum Gasteiger partial charge on any atom is 0.311 e. The first-order chi connectivity index (χ1) is 17.3. The molecule has 1 N–H and O–H groups in total. The summed E-state index contributed by atoms with van der Waals surface area (Å²) in [6.07, 6.45) is 11.8. The third kappa shape index (κ3) is 5.00. The van der Waals surface area contributed by atoms with Crippen LogP contribution in [0.15, 0.2) is 24.3 Å². The molecule has 0 aromatic heterocycles. The number of unbranched alkanes of at least 4 members (excludes halogenated alkanes) is 1. The Kier molecular flexibility index (Phi) is 7.67. The van der Waals surface area contributed by atoms with Gasteiger partial charge in [-0.1, -0.05) is 45.1 Å². The zero-order valence-corrected chi connectivity index (χ0v) is 24.1. The highest BCUT2D eigenvalue weighted by Crippen LogP contribution is 2.65. The number of carbonyl (C=O) groups excluding carboxylic acids is 3. The van der Waals surface area contributed by atoms with Crippen LogP contribution in [0, 0.1) is 17.3 Å². The minimum atomic E-state index is -0.859. The molecule has 4 rings (SSSR count). The van der Waals surface area contributed by atoms with Gasteiger partial charge >= 0.3 is 5.97 Å². The molecule has 7 nitrogen and oxygen atoms in total. The van der Waals surface area contributed by atoms with Gasteiger partial charge in [-0.2, -0.15) is 0 Å². The first-order valence-corrected chi connectivity index (χ1v) is 14.5. The number of hydrogen-bond acceptors (Lipinski definition) is 6. The first kappa shape index (κ1) is 28.2. The summed E-state index contributed by atoms with van der Waals surface area (Å²) in [6.45, 7) is 14.0. The van der Waals surface area contributed by atoms with Crippen LogP contribution in [0.1, 0.15) is 73.6 Å². The monoisotopic (exact) mass is 532 g/mol. The molecule has 0 aliphatic carbocycles. The van der Waals surface area contributed by atoms with Crippen LogP contribution >= 0.6 is 11.8 Å². The smallest absolute Gasteiger partial charge is 0.311 e. The summed E-state index contributed by atoms with van der Waals surface area (Å²) in [5.41, 5.74) is -0.408. The number of aliphatic hydroxyl groups is 1. The summed E-state index contributed by atoms with van der Waals surface area (Å²) < 4.78 is 4.17. The quantitative estimate of drug-likeness (QED) is 0.317. The second kappa shape index (κ2) is 10.1. The van der Waals surface area contributed by atoms with Crippen molar-refractivity contribution >= 4 is 29.5 Å².